The number of nitro benzene ring substituents is 1. The van der Waals surface area contributed by atoms with Crippen molar-refractivity contribution < 1.29 is 9.34 Å². The fourth-order valence-electron chi connectivity index (χ4n) is 2.06. The van der Waals surface area contributed by atoms with Crippen LogP contribution < -0.4 is 5.43 Å². The van der Waals surface area contributed by atoms with Crippen LogP contribution in [0.25, 0.3) is 11.5 Å². The third-order valence-corrected chi connectivity index (χ3v) is 3.21. The maximum absolute atomic E-state index is 10.8. The third-order valence-electron chi connectivity index (χ3n) is 3.21. The van der Waals surface area contributed by atoms with Crippen LogP contribution in [0.5, 0.6) is 0 Å². The zero-order valence-electron chi connectivity index (χ0n) is 12.8. The lowest BCUT2D eigenvalue weighted by molar-refractivity contribution is -0.384. The molecule has 1 aromatic heterocycles. The first-order valence-corrected chi connectivity index (χ1v) is 7.17. The molecule has 3 rings (SSSR count). The van der Waals surface area contributed by atoms with Gasteiger partial charge in [0.1, 0.15) is 6.07 Å². The standard InChI is InChI=1S/C17H11N5O3/c18-10-15-17(25-16(20-15)13-6-2-1-3-7-13)21-19-11-12-5-4-8-14(9-12)22(23)24/h1-9,11,21H/b19-11-. The highest BCUT2D eigenvalue weighted by Crippen LogP contribution is 2.25. The molecule has 2 aromatic carbocycles. The lowest BCUT2D eigenvalue weighted by atomic mass is 10.2. The molecule has 8 heteroatoms. The zero-order chi connectivity index (χ0) is 17.6. The molecule has 0 aliphatic heterocycles. The van der Waals surface area contributed by atoms with E-state index in [-0.39, 0.29) is 17.3 Å². The maximum atomic E-state index is 10.8. The summed E-state index contributed by atoms with van der Waals surface area (Å²) in [6, 6.07) is 17.1. The van der Waals surface area contributed by atoms with E-state index < -0.39 is 4.92 Å². The van der Waals surface area contributed by atoms with Gasteiger partial charge in [-0.15, -0.1) is 0 Å². The van der Waals surface area contributed by atoms with Gasteiger partial charge in [0, 0.05) is 23.3 Å². The number of nitrogens with zero attached hydrogens (tertiary/aromatic N) is 4. The predicted molar refractivity (Wildman–Crippen MR) is 91.0 cm³/mol. The first kappa shape index (κ1) is 15.9. The van der Waals surface area contributed by atoms with E-state index in [0.29, 0.717) is 11.5 Å². The Kier molecular flexibility index (Phi) is 4.49. The maximum Gasteiger partial charge on any atom is 0.270 e. The fourth-order valence-corrected chi connectivity index (χ4v) is 2.06. The highest BCUT2D eigenvalue weighted by molar-refractivity contribution is 5.81. The van der Waals surface area contributed by atoms with Gasteiger partial charge < -0.3 is 4.42 Å². The quantitative estimate of drug-likeness (QED) is 0.433. The van der Waals surface area contributed by atoms with E-state index in [1.54, 1.807) is 12.1 Å². The predicted octanol–water partition coefficient (Wildman–Crippen LogP) is 3.57. The summed E-state index contributed by atoms with van der Waals surface area (Å²) in [7, 11) is 0. The number of nitro groups is 1. The number of hydrazone groups is 1. The van der Waals surface area contributed by atoms with Crippen molar-refractivity contribution in [3.8, 4) is 17.5 Å². The summed E-state index contributed by atoms with van der Waals surface area (Å²) in [6.45, 7) is 0. The third kappa shape index (κ3) is 3.68. The first-order valence-electron chi connectivity index (χ1n) is 7.17. The van der Waals surface area contributed by atoms with Crippen molar-refractivity contribution in [1.82, 2.24) is 4.98 Å². The molecule has 0 aliphatic rings. The topological polar surface area (TPSA) is 117 Å². The van der Waals surface area contributed by atoms with Crippen molar-refractivity contribution in [2.45, 2.75) is 0 Å². The van der Waals surface area contributed by atoms with Gasteiger partial charge >= 0.3 is 0 Å². The van der Waals surface area contributed by atoms with Gasteiger partial charge in [0.15, 0.2) is 0 Å². The normalized spacial score (nSPS) is 10.5. The molecule has 0 amide bonds. The van der Waals surface area contributed by atoms with E-state index in [1.807, 2.05) is 36.4 Å². The molecule has 122 valence electrons. The van der Waals surface area contributed by atoms with E-state index in [0.717, 1.165) is 5.56 Å². The molecular formula is C17H11N5O3. The van der Waals surface area contributed by atoms with Crippen molar-refractivity contribution in [3.05, 3.63) is 76.0 Å². The summed E-state index contributed by atoms with van der Waals surface area (Å²) >= 11 is 0. The second-order valence-corrected chi connectivity index (χ2v) is 4.90. The lowest BCUT2D eigenvalue weighted by Crippen LogP contribution is -1.93. The molecule has 1 heterocycles. The van der Waals surface area contributed by atoms with Crippen LogP contribution >= 0.6 is 0 Å². The zero-order valence-corrected chi connectivity index (χ0v) is 12.8. The Hall–Kier alpha value is -3.99. The summed E-state index contributed by atoms with van der Waals surface area (Å²) < 4.78 is 5.52. The average Bonchev–Trinajstić information content (AvgIpc) is 3.06. The van der Waals surface area contributed by atoms with Crippen LogP contribution in [-0.2, 0) is 0 Å². The number of benzene rings is 2. The molecule has 25 heavy (non-hydrogen) atoms. The van der Waals surface area contributed by atoms with Gasteiger partial charge in [0.25, 0.3) is 11.6 Å². The Bertz CT molecular complexity index is 973. The summed E-state index contributed by atoms with van der Waals surface area (Å²) in [5, 5.41) is 23.9. The Morgan fingerprint density at radius 3 is 2.76 bits per heavy atom. The molecule has 8 nitrogen and oxygen atoms in total. The van der Waals surface area contributed by atoms with Crippen LogP contribution in [0.4, 0.5) is 11.6 Å². The highest BCUT2D eigenvalue weighted by Gasteiger charge is 2.13. The number of nitriles is 1. The molecule has 0 spiro atoms. The Labute approximate surface area is 142 Å². The molecule has 3 aromatic rings. The van der Waals surface area contributed by atoms with E-state index in [9.17, 15) is 10.1 Å². The molecule has 1 N–H and O–H groups in total. The molecule has 0 aliphatic carbocycles. The molecule has 0 saturated heterocycles. The number of aromatic nitrogens is 1. The van der Waals surface area contributed by atoms with E-state index >= 15 is 0 Å². The number of hydrogen-bond donors (Lipinski definition) is 1. The van der Waals surface area contributed by atoms with Gasteiger partial charge in [-0.25, -0.2) is 5.43 Å². The SMILES string of the molecule is N#Cc1nc(-c2ccccc2)oc1N/N=C\c1cccc([N+](=O)[O-])c1. The Morgan fingerprint density at radius 2 is 2.04 bits per heavy atom. The summed E-state index contributed by atoms with van der Waals surface area (Å²) in [4.78, 5) is 14.4. The van der Waals surface area contributed by atoms with Crippen molar-refractivity contribution in [3.63, 3.8) is 0 Å². The van der Waals surface area contributed by atoms with Gasteiger partial charge in [0.2, 0.25) is 11.6 Å². The molecule has 0 bridgehead atoms. The van der Waals surface area contributed by atoms with Crippen LogP contribution in [-0.4, -0.2) is 16.1 Å². The molecule has 0 atom stereocenters. The smallest absolute Gasteiger partial charge is 0.270 e. The minimum atomic E-state index is -0.485. The van der Waals surface area contributed by atoms with Crippen LogP contribution in [0.15, 0.2) is 64.1 Å². The second kappa shape index (κ2) is 7.06. The van der Waals surface area contributed by atoms with E-state index in [4.69, 9.17) is 9.68 Å². The largest absolute Gasteiger partial charge is 0.417 e. The molecule has 0 saturated carbocycles. The minimum absolute atomic E-state index is 0.0345. The number of hydrogen-bond acceptors (Lipinski definition) is 7. The van der Waals surface area contributed by atoms with Gasteiger partial charge in [-0.1, -0.05) is 30.3 Å². The van der Waals surface area contributed by atoms with Crippen molar-refractivity contribution in [1.29, 1.82) is 5.26 Å². The first-order chi connectivity index (χ1) is 12.2. The van der Waals surface area contributed by atoms with Crippen LogP contribution in [0.3, 0.4) is 0 Å². The average molecular weight is 333 g/mol. The second-order valence-electron chi connectivity index (χ2n) is 4.90. The minimum Gasteiger partial charge on any atom is -0.417 e. The number of anilines is 1. The van der Waals surface area contributed by atoms with Gasteiger partial charge in [-0.3, -0.25) is 10.1 Å². The van der Waals surface area contributed by atoms with Gasteiger partial charge in [-0.05, 0) is 12.1 Å². The van der Waals surface area contributed by atoms with Crippen LogP contribution in [0.2, 0.25) is 0 Å². The van der Waals surface area contributed by atoms with E-state index in [1.165, 1.54) is 18.3 Å². The number of oxazole rings is 1. The fraction of sp³-hybridized carbons (Fsp3) is 0. The Balaban J connectivity index is 1.79. The molecule has 0 unspecified atom stereocenters. The summed E-state index contributed by atoms with van der Waals surface area (Å²) in [5.41, 5.74) is 3.89. The number of non-ortho nitro benzene ring substituents is 1. The lowest BCUT2D eigenvalue weighted by Gasteiger charge is -1.96. The van der Waals surface area contributed by atoms with Crippen LogP contribution in [0.1, 0.15) is 11.3 Å². The Morgan fingerprint density at radius 1 is 1.24 bits per heavy atom. The molecule has 0 fully saturated rings. The molecule has 0 radical (unpaired) electrons. The van der Waals surface area contributed by atoms with Crippen molar-refractivity contribution >= 4 is 17.8 Å². The van der Waals surface area contributed by atoms with Crippen LogP contribution in [0, 0.1) is 21.4 Å². The summed E-state index contributed by atoms with van der Waals surface area (Å²) in [6.07, 6.45) is 1.39. The van der Waals surface area contributed by atoms with Crippen molar-refractivity contribution in [2.75, 3.05) is 5.43 Å². The number of rotatable bonds is 5. The molecular weight excluding hydrogens is 322 g/mol. The van der Waals surface area contributed by atoms with E-state index in [2.05, 4.69) is 15.5 Å². The van der Waals surface area contributed by atoms with Crippen molar-refractivity contribution in [2.24, 2.45) is 5.10 Å². The highest BCUT2D eigenvalue weighted by atomic mass is 16.6. The van der Waals surface area contributed by atoms with Gasteiger partial charge in [0.05, 0.1) is 11.1 Å². The monoisotopic (exact) mass is 333 g/mol. The number of nitrogens with one attached hydrogen (secondary N) is 1. The van der Waals surface area contributed by atoms with Gasteiger partial charge in [-0.2, -0.15) is 15.3 Å². The summed E-state index contributed by atoms with van der Waals surface area (Å²) in [5.74, 6) is 0.397.